The lowest BCUT2D eigenvalue weighted by Crippen LogP contribution is -2.53. The minimum atomic E-state index is -0.587. The van der Waals surface area contributed by atoms with Crippen molar-refractivity contribution in [2.75, 3.05) is 44.7 Å². The lowest BCUT2D eigenvalue weighted by Gasteiger charge is -2.45. The molecule has 168 valence electrons. The van der Waals surface area contributed by atoms with Gasteiger partial charge in [0.05, 0.1) is 18.4 Å². The summed E-state index contributed by atoms with van der Waals surface area (Å²) in [6.07, 6.45) is 5.22. The molecule has 2 aromatic rings. The fourth-order valence-electron chi connectivity index (χ4n) is 5.48. The van der Waals surface area contributed by atoms with Crippen molar-refractivity contribution in [2.24, 2.45) is 5.92 Å². The molecule has 1 aliphatic heterocycles. The van der Waals surface area contributed by atoms with Crippen molar-refractivity contribution in [3.8, 4) is 5.75 Å². The van der Waals surface area contributed by atoms with Crippen LogP contribution in [0.5, 0.6) is 5.75 Å². The average molecular weight is 423 g/mol. The molecule has 2 atom stereocenters. The number of piperazine rings is 1. The second kappa shape index (κ2) is 9.62. The number of hydrogen-bond acceptors (Lipinski definition) is 4. The number of rotatable bonds is 6. The van der Waals surface area contributed by atoms with Crippen LogP contribution >= 0.6 is 0 Å². The lowest BCUT2D eigenvalue weighted by atomic mass is 9.71. The van der Waals surface area contributed by atoms with Gasteiger partial charge >= 0.3 is 0 Å². The van der Waals surface area contributed by atoms with E-state index in [4.69, 9.17) is 4.74 Å². The van der Waals surface area contributed by atoms with Crippen LogP contribution in [0.3, 0.4) is 0 Å². The summed E-state index contributed by atoms with van der Waals surface area (Å²) in [5.74, 6) is 1.30. The zero-order chi connectivity index (χ0) is 21.8. The number of methoxy groups -OCH3 is 1. The molecule has 2 fully saturated rings. The summed E-state index contributed by atoms with van der Waals surface area (Å²) in [4.78, 5) is 4.99. The van der Waals surface area contributed by atoms with E-state index in [1.54, 1.807) is 7.11 Å². The third-order valence-electron chi connectivity index (χ3n) is 7.45. The fraction of sp³-hybridized carbons (Fsp3) is 0.556. The van der Waals surface area contributed by atoms with Gasteiger partial charge in [0.1, 0.15) is 5.75 Å². The molecular weight excluding hydrogens is 384 g/mol. The summed E-state index contributed by atoms with van der Waals surface area (Å²) in [6.45, 7) is 9.40. The third-order valence-corrected chi connectivity index (χ3v) is 7.45. The molecule has 2 aromatic carbocycles. The molecule has 1 N–H and O–H groups in total. The molecule has 0 spiro atoms. The van der Waals surface area contributed by atoms with Gasteiger partial charge in [-0.1, -0.05) is 48.7 Å². The molecule has 1 heterocycles. The molecule has 0 amide bonds. The number of nitrogens with zero attached hydrogens (tertiary/aromatic N) is 2. The molecule has 31 heavy (non-hydrogen) atoms. The molecule has 1 saturated carbocycles. The molecule has 0 bridgehead atoms. The maximum Gasteiger partial charge on any atom is 0.142 e. The first-order chi connectivity index (χ1) is 15.0. The van der Waals surface area contributed by atoms with E-state index in [9.17, 15) is 5.11 Å². The fourth-order valence-corrected chi connectivity index (χ4v) is 5.48. The van der Waals surface area contributed by atoms with E-state index in [0.29, 0.717) is 5.92 Å². The third kappa shape index (κ3) is 5.07. The number of aryl methyl sites for hydroxylation is 2. The van der Waals surface area contributed by atoms with E-state index in [1.807, 2.05) is 12.1 Å². The smallest absolute Gasteiger partial charge is 0.142 e. The highest BCUT2D eigenvalue weighted by molar-refractivity contribution is 5.58. The van der Waals surface area contributed by atoms with E-state index in [2.05, 4.69) is 54.0 Å². The van der Waals surface area contributed by atoms with Gasteiger partial charge in [0.2, 0.25) is 0 Å². The second-order valence-corrected chi connectivity index (χ2v) is 9.61. The number of benzene rings is 2. The predicted octanol–water partition coefficient (Wildman–Crippen LogP) is 4.60. The highest BCUT2D eigenvalue weighted by atomic mass is 16.5. The van der Waals surface area contributed by atoms with Gasteiger partial charge in [-0.3, -0.25) is 4.90 Å². The first kappa shape index (κ1) is 22.2. The van der Waals surface area contributed by atoms with Crippen molar-refractivity contribution in [3.63, 3.8) is 0 Å². The average Bonchev–Trinajstić information content (AvgIpc) is 2.78. The molecule has 0 aromatic heterocycles. The number of para-hydroxylation sites is 2. The molecule has 4 rings (SSSR count). The van der Waals surface area contributed by atoms with Gasteiger partial charge in [-0.15, -0.1) is 0 Å². The van der Waals surface area contributed by atoms with Gasteiger partial charge in [-0.05, 0) is 49.9 Å². The largest absolute Gasteiger partial charge is 0.495 e. The Kier molecular flexibility index (Phi) is 6.88. The highest BCUT2D eigenvalue weighted by Crippen LogP contribution is 2.38. The van der Waals surface area contributed by atoms with Gasteiger partial charge in [0.25, 0.3) is 0 Å². The molecule has 4 heteroatoms. The summed E-state index contributed by atoms with van der Waals surface area (Å²) in [5, 5.41) is 11.8. The van der Waals surface area contributed by atoms with Gasteiger partial charge in [-0.2, -0.15) is 0 Å². The molecular formula is C27H38N2O2. The van der Waals surface area contributed by atoms with Crippen molar-refractivity contribution >= 4 is 5.69 Å². The van der Waals surface area contributed by atoms with Crippen LogP contribution in [0, 0.1) is 19.8 Å². The Balaban J connectivity index is 1.40. The topological polar surface area (TPSA) is 35.9 Å². The van der Waals surface area contributed by atoms with Gasteiger partial charge in [-0.25, -0.2) is 0 Å². The summed E-state index contributed by atoms with van der Waals surface area (Å²) >= 11 is 0. The summed E-state index contributed by atoms with van der Waals surface area (Å²) in [7, 11) is 1.74. The van der Waals surface area contributed by atoms with Crippen LogP contribution in [0.1, 0.15) is 42.4 Å². The van der Waals surface area contributed by atoms with Crippen LogP contribution < -0.4 is 9.64 Å². The van der Waals surface area contributed by atoms with E-state index >= 15 is 0 Å². The molecule has 2 aliphatic rings. The number of hydrogen-bond donors (Lipinski definition) is 1. The van der Waals surface area contributed by atoms with Crippen LogP contribution in [-0.2, 0) is 6.42 Å². The predicted molar refractivity (Wildman–Crippen MR) is 128 cm³/mol. The van der Waals surface area contributed by atoms with Gasteiger partial charge < -0.3 is 14.7 Å². The minimum absolute atomic E-state index is 0.346. The minimum Gasteiger partial charge on any atom is -0.495 e. The lowest BCUT2D eigenvalue weighted by molar-refractivity contribution is -0.0596. The maximum absolute atomic E-state index is 11.8. The van der Waals surface area contributed by atoms with Gasteiger partial charge in [0.15, 0.2) is 0 Å². The van der Waals surface area contributed by atoms with E-state index in [1.165, 1.54) is 28.8 Å². The Hall–Kier alpha value is -2.04. The molecule has 4 nitrogen and oxygen atoms in total. The Labute approximate surface area is 187 Å². The Morgan fingerprint density at radius 3 is 2.58 bits per heavy atom. The Bertz CT molecular complexity index is 875. The van der Waals surface area contributed by atoms with E-state index < -0.39 is 5.60 Å². The highest BCUT2D eigenvalue weighted by Gasteiger charge is 2.40. The quantitative estimate of drug-likeness (QED) is 0.738. The first-order valence-corrected chi connectivity index (χ1v) is 11.9. The van der Waals surface area contributed by atoms with Crippen LogP contribution in [0.2, 0.25) is 0 Å². The van der Waals surface area contributed by atoms with Crippen LogP contribution in [0.15, 0.2) is 42.5 Å². The monoisotopic (exact) mass is 422 g/mol. The Morgan fingerprint density at radius 2 is 1.81 bits per heavy atom. The van der Waals surface area contributed by atoms with Crippen molar-refractivity contribution in [1.82, 2.24) is 4.90 Å². The van der Waals surface area contributed by atoms with E-state index in [0.717, 1.165) is 64.2 Å². The SMILES string of the molecule is COc1ccccc1N1CCN(CC2CCCCC2(O)Cc2cc(C)ccc2C)CC1. The van der Waals surface area contributed by atoms with Crippen molar-refractivity contribution in [3.05, 3.63) is 59.2 Å². The second-order valence-electron chi connectivity index (χ2n) is 9.61. The van der Waals surface area contributed by atoms with Crippen molar-refractivity contribution in [1.29, 1.82) is 0 Å². The standard InChI is InChI=1S/C27H38N2O2/c1-21-11-12-22(2)23(18-21)19-27(30)13-7-6-8-24(27)20-28-14-16-29(17-15-28)25-9-4-5-10-26(25)31-3/h4-5,9-12,18,24,30H,6-8,13-17,19-20H2,1-3H3. The van der Waals surface area contributed by atoms with Crippen LogP contribution in [0.25, 0.3) is 0 Å². The Morgan fingerprint density at radius 1 is 1.03 bits per heavy atom. The summed E-state index contributed by atoms with van der Waals surface area (Å²) in [5.41, 5.74) is 4.50. The summed E-state index contributed by atoms with van der Waals surface area (Å²) < 4.78 is 5.56. The van der Waals surface area contributed by atoms with Crippen molar-refractivity contribution in [2.45, 2.75) is 51.6 Å². The molecule has 1 saturated heterocycles. The van der Waals surface area contributed by atoms with E-state index in [-0.39, 0.29) is 0 Å². The molecule has 2 unspecified atom stereocenters. The normalized spacial score (nSPS) is 24.9. The number of anilines is 1. The molecule has 0 radical (unpaired) electrons. The summed E-state index contributed by atoms with van der Waals surface area (Å²) in [6, 6.07) is 14.9. The number of ether oxygens (including phenoxy) is 1. The van der Waals surface area contributed by atoms with Gasteiger partial charge in [0, 0.05) is 45.1 Å². The first-order valence-electron chi connectivity index (χ1n) is 11.9. The van der Waals surface area contributed by atoms with Crippen molar-refractivity contribution < 1.29 is 9.84 Å². The maximum atomic E-state index is 11.8. The van der Waals surface area contributed by atoms with Crippen LogP contribution in [0.4, 0.5) is 5.69 Å². The zero-order valence-corrected chi connectivity index (χ0v) is 19.4. The van der Waals surface area contributed by atoms with Crippen LogP contribution in [-0.4, -0.2) is 55.4 Å². The zero-order valence-electron chi connectivity index (χ0n) is 19.4. The molecule has 1 aliphatic carbocycles. The number of aliphatic hydroxyl groups is 1.